The predicted molar refractivity (Wildman–Crippen MR) is 97.9 cm³/mol. The second kappa shape index (κ2) is 7.65. The number of piperazine rings is 1. The SMILES string of the molecule is C=C1CN(C(c2ccccc2)c2ccccc2)CCN1CC(=O)Cl. The Morgan fingerprint density at radius 2 is 1.54 bits per heavy atom. The highest BCUT2D eigenvalue weighted by Crippen LogP contribution is 2.31. The summed E-state index contributed by atoms with van der Waals surface area (Å²) in [6.07, 6.45) is 0. The van der Waals surface area contributed by atoms with Crippen molar-refractivity contribution in [3.05, 3.63) is 84.1 Å². The lowest BCUT2D eigenvalue weighted by Gasteiger charge is -2.41. The summed E-state index contributed by atoms with van der Waals surface area (Å²) in [5.41, 5.74) is 3.46. The van der Waals surface area contributed by atoms with Crippen molar-refractivity contribution in [3.63, 3.8) is 0 Å². The number of halogens is 1. The molecule has 0 unspecified atom stereocenters. The summed E-state index contributed by atoms with van der Waals surface area (Å²) in [5.74, 6) is 0. The largest absolute Gasteiger partial charge is 0.364 e. The maximum absolute atomic E-state index is 11.2. The maximum atomic E-state index is 11.2. The van der Waals surface area contributed by atoms with E-state index in [1.807, 2.05) is 17.0 Å². The van der Waals surface area contributed by atoms with Crippen LogP contribution in [0.5, 0.6) is 0 Å². The molecule has 4 heteroatoms. The highest BCUT2D eigenvalue weighted by Gasteiger charge is 2.28. The van der Waals surface area contributed by atoms with E-state index < -0.39 is 0 Å². The molecule has 3 nitrogen and oxygen atoms in total. The Hall–Kier alpha value is -2.10. The van der Waals surface area contributed by atoms with Gasteiger partial charge in [0.1, 0.15) is 0 Å². The summed E-state index contributed by atoms with van der Waals surface area (Å²) in [6.45, 7) is 6.71. The summed E-state index contributed by atoms with van der Waals surface area (Å²) in [7, 11) is 0. The monoisotopic (exact) mass is 340 g/mol. The molecule has 0 spiro atoms. The van der Waals surface area contributed by atoms with Gasteiger partial charge in [0.05, 0.1) is 12.6 Å². The topological polar surface area (TPSA) is 23.6 Å². The third kappa shape index (κ3) is 3.86. The second-order valence-electron chi connectivity index (χ2n) is 6.04. The standard InChI is InChI=1S/C20H21ClN2O/c1-16-14-23(13-12-22(16)15-19(21)24)20(17-8-4-2-5-9-17)18-10-6-3-7-11-18/h2-11,20H,1,12-15H2. The fourth-order valence-electron chi connectivity index (χ4n) is 3.27. The molecule has 1 aliphatic heterocycles. The molecular weight excluding hydrogens is 320 g/mol. The first-order valence-corrected chi connectivity index (χ1v) is 8.48. The van der Waals surface area contributed by atoms with E-state index in [9.17, 15) is 4.79 Å². The molecule has 3 rings (SSSR count). The van der Waals surface area contributed by atoms with Crippen molar-refractivity contribution < 1.29 is 4.79 Å². The third-order valence-corrected chi connectivity index (χ3v) is 4.52. The molecule has 1 fully saturated rings. The molecule has 124 valence electrons. The average molecular weight is 341 g/mol. The summed E-state index contributed by atoms with van der Waals surface area (Å²) < 4.78 is 0. The minimum atomic E-state index is -0.340. The minimum absolute atomic E-state index is 0.179. The lowest BCUT2D eigenvalue weighted by Crippen LogP contribution is -2.47. The lowest BCUT2D eigenvalue weighted by molar-refractivity contribution is -0.112. The van der Waals surface area contributed by atoms with Crippen LogP contribution in [-0.4, -0.2) is 41.2 Å². The summed E-state index contributed by atoms with van der Waals surface area (Å²) in [5, 5.41) is -0.340. The van der Waals surface area contributed by atoms with Crippen LogP contribution < -0.4 is 0 Å². The molecule has 0 aliphatic carbocycles. The lowest BCUT2D eigenvalue weighted by atomic mass is 9.96. The molecule has 0 saturated carbocycles. The average Bonchev–Trinajstić information content (AvgIpc) is 2.59. The Balaban J connectivity index is 1.85. The Kier molecular flexibility index (Phi) is 5.34. The van der Waals surface area contributed by atoms with Crippen molar-refractivity contribution in [3.8, 4) is 0 Å². The first-order valence-electron chi connectivity index (χ1n) is 8.10. The van der Waals surface area contributed by atoms with Crippen LogP contribution in [0.15, 0.2) is 72.9 Å². The molecule has 0 atom stereocenters. The van der Waals surface area contributed by atoms with Crippen LogP contribution in [-0.2, 0) is 4.79 Å². The quantitative estimate of drug-likeness (QED) is 0.776. The van der Waals surface area contributed by atoms with Crippen molar-refractivity contribution in [1.82, 2.24) is 9.80 Å². The second-order valence-corrected chi connectivity index (χ2v) is 6.46. The molecular formula is C20H21ClN2O. The van der Waals surface area contributed by atoms with Gasteiger partial charge in [-0.05, 0) is 22.7 Å². The molecule has 2 aromatic carbocycles. The maximum Gasteiger partial charge on any atom is 0.240 e. The molecule has 1 saturated heterocycles. The number of hydrogen-bond acceptors (Lipinski definition) is 3. The highest BCUT2D eigenvalue weighted by molar-refractivity contribution is 6.64. The van der Waals surface area contributed by atoms with Crippen LogP contribution in [0.1, 0.15) is 17.2 Å². The van der Waals surface area contributed by atoms with E-state index in [4.69, 9.17) is 11.6 Å². The van der Waals surface area contributed by atoms with E-state index in [1.165, 1.54) is 11.1 Å². The summed E-state index contributed by atoms with van der Waals surface area (Å²) in [4.78, 5) is 15.6. The van der Waals surface area contributed by atoms with Crippen LogP contribution >= 0.6 is 11.6 Å². The van der Waals surface area contributed by atoms with Crippen LogP contribution in [0.4, 0.5) is 0 Å². The van der Waals surface area contributed by atoms with Crippen LogP contribution in [0.3, 0.4) is 0 Å². The molecule has 0 aromatic heterocycles. The number of carbonyl (C=O) groups excluding carboxylic acids is 1. The van der Waals surface area contributed by atoms with Crippen molar-refractivity contribution in [1.29, 1.82) is 0 Å². The van der Waals surface area contributed by atoms with Crippen molar-refractivity contribution in [2.45, 2.75) is 6.04 Å². The fraction of sp³-hybridized carbons (Fsp3) is 0.250. The molecule has 0 amide bonds. The normalized spacial score (nSPS) is 15.8. The zero-order valence-electron chi connectivity index (χ0n) is 13.6. The fourth-order valence-corrected chi connectivity index (χ4v) is 3.41. The van der Waals surface area contributed by atoms with Gasteiger partial charge >= 0.3 is 0 Å². The Morgan fingerprint density at radius 1 is 1.00 bits per heavy atom. The molecule has 1 aliphatic rings. The molecule has 0 radical (unpaired) electrons. The highest BCUT2D eigenvalue weighted by atomic mass is 35.5. The zero-order valence-corrected chi connectivity index (χ0v) is 14.3. The summed E-state index contributed by atoms with van der Waals surface area (Å²) in [6, 6.07) is 21.2. The Morgan fingerprint density at radius 3 is 2.00 bits per heavy atom. The number of hydrogen-bond donors (Lipinski definition) is 0. The van der Waals surface area contributed by atoms with Crippen molar-refractivity contribution >= 4 is 16.8 Å². The molecule has 24 heavy (non-hydrogen) atoms. The number of carbonyl (C=O) groups is 1. The van der Waals surface area contributed by atoms with Crippen LogP contribution in [0.25, 0.3) is 0 Å². The van der Waals surface area contributed by atoms with Gasteiger partial charge in [-0.1, -0.05) is 67.2 Å². The van der Waals surface area contributed by atoms with Crippen LogP contribution in [0.2, 0.25) is 0 Å². The van der Waals surface area contributed by atoms with Crippen molar-refractivity contribution in [2.24, 2.45) is 0 Å². The van der Waals surface area contributed by atoms with Gasteiger partial charge in [0.2, 0.25) is 5.24 Å². The van der Waals surface area contributed by atoms with Gasteiger partial charge < -0.3 is 4.90 Å². The van der Waals surface area contributed by atoms with Gasteiger partial charge in [-0.15, -0.1) is 0 Å². The number of rotatable bonds is 5. The van der Waals surface area contributed by atoms with E-state index in [2.05, 4.69) is 60.0 Å². The van der Waals surface area contributed by atoms with Gasteiger partial charge in [-0.3, -0.25) is 9.69 Å². The summed E-state index contributed by atoms with van der Waals surface area (Å²) >= 11 is 5.53. The zero-order chi connectivity index (χ0) is 16.9. The molecule has 1 heterocycles. The minimum Gasteiger partial charge on any atom is -0.364 e. The van der Waals surface area contributed by atoms with Gasteiger partial charge in [0.25, 0.3) is 0 Å². The van der Waals surface area contributed by atoms with Crippen LogP contribution in [0, 0.1) is 0 Å². The molecule has 2 aromatic rings. The first kappa shape index (κ1) is 16.7. The number of benzene rings is 2. The molecule has 0 bridgehead atoms. The van der Waals surface area contributed by atoms with E-state index in [-0.39, 0.29) is 17.8 Å². The van der Waals surface area contributed by atoms with E-state index in [0.717, 1.165) is 25.3 Å². The van der Waals surface area contributed by atoms with Gasteiger partial charge in [-0.25, -0.2) is 0 Å². The van der Waals surface area contributed by atoms with Crippen molar-refractivity contribution in [2.75, 3.05) is 26.2 Å². The van der Waals surface area contributed by atoms with Gasteiger partial charge in [0, 0.05) is 25.3 Å². The smallest absolute Gasteiger partial charge is 0.240 e. The molecule has 0 N–H and O–H groups in total. The van der Waals surface area contributed by atoms with Gasteiger partial charge in [-0.2, -0.15) is 0 Å². The number of nitrogens with zero attached hydrogens (tertiary/aromatic N) is 2. The van der Waals surface area contributed by atoms with E-state index in [1.54, 1.807) is 0 Å². The Labute approximate surface area is 148 Å². The predicted octanol–water partition coefficient (Wildman–Crippen LogP) is 3.67. The first-order chi connectivity index (χ1) is 11.6. The Bertz CT molecular complexity index is 663. The van der Waals surface area contributed by atoms with E-state index in [0.29, 0.717) is 0 Å². The third-order valence-electron chi connectivity index (χ3n) is 4.40. The van der Waals surface area contributed by atoms with E-state index >= 15 is 0 Å². The van der Waals surface area contributed by atoms with Gasteiger partial charge in [0.15, 0.2) is 0 Å².